The van der Waals surface area contributed by atoms with Gasteiger partial charge in [-0.2, -0.15) is 0 Å². The second kappa shape index (κ2) is 8.19. The lowest BCUT2D eigenvalue weighted by molar-refractivity contribution is 0.102. The van der Waals surface area contributed by atoms with Crippen LogP contribution in [0.15, 0.2) is 66.7 Å². The molecule has 3 aromatic carbocycles. The number of nitrogens with zero attached hydrogens (tertiary/aromatic N) is 1. The van der Waals surface area contributed by atoms with Crippen molar-refractivity contribution in [3.05, 3.63) is 87.9 Å². The molecule has 1 N–H and O–H groups in total. The van der Waals surface area contributed by atoms with E-state index in [9.17, 15) is 4.79 Å². The zero-order chi connectivity index (χ0) is 19.5. The number of nitrogens with one attached hydrogen (secondary N) is 1. The molecule has 7 heteroatoms. The molecular weight excluding hydrogens is 415 g/mol. The number of ether oxygens (including phenoxy) is 1. The molecule has 1 amide bonds. The van der Waals surface area contributed by atoms with Crippen LogP contribution in [-0.4, -0.2) is 10.9 Å². The van der Waals surface area contributed by atoms with Gasteiger partial charge in [0.05, 0.1) is 14.7 Å². The highest BCUT2D eigenvalue weighted by Crippen LogP contribution is 2.35. The van der Waals surface area contributed by atoms with Crippen LogP contribution in [0.4, 0.5) is 5.13 Å². The number of benzene rings is 3. The van der Waals surface area contributed by atoms with Gasteiger partial charge in [0.1, 0.15) is 17.9 Å². The first-order valence-corrected chi connectivity index (χ1v) is 10.00. The summed E-state index contributed by atoms with van der Waals surface area (Å²) in [7, 11) is 0. The lowest BCUT2D eigenvalue weighted by Gasteiger charge is -2.08. The number of thiazole rings is 1. The summed E-state index contributed by atoms with van der Waals surface area (Å²) in [5, 5.41) is 4.08. The van der Waals surface area contributed by atoms with Crippen LogP contribution in [0.1, 0.15) is 15.9 Å². The van der Waals surface area contributed by atoms with Crippen molar-refractivity contribution in [3.63, 3.8) is 0 Å². The molecule has 0 saturated heterocycles. The fraction of sp³-hybridized carbons (Fsp3) is 0.0476. The first kappa shape index (κ1) is 18.7. The highest BCUT2D eigenvalue weighted by Gasteiger charge is 2.13. The minimum atomic E-state index is -0.272. The van der Waals surface area contributed by atoms with Crippen LogP contribution in [0, 0.1) is 0 Å². The van der Waals surface area contributed by atoms with Gasteiger partial charge < -0.3 is 4.74 Å². The SMILES string of the molecule is O=C(Nc1nc2c(Cl)c(Cl)ccc2s1)c1cccc(OCc2ccccc2)c1. The molecular formula is C21H14Cl2N2O2S. The molecule has 140 valence electrons. The van der Waals surface area contributed by atoms with Gasteiger partial charge in [-0.05, 0) is 35.9 Å². The fourth-order valence-electron chi connectivity index (χ4n) is 2.63. The fourth-order valence-corrected chi connectivity index (χ4v) is 3.91. The first-order valence-electron chi connectivity index (χ1n) is 8.43. The molecule has 0 aliphatic carbocycles. The lowest BCUT2D eigenvalue weighted by atomic mass is 10.2. The molecule has 1 aromatic heterocycles. The quantitative estimate of drug-likeness (QED) is 0.398. The number of hydrogen-bond acceptors (Lipinski definition) is 4. The molecule has 4 rings (SSSR count). The average Bonchev–Trinajstić information content (AvgIpc) is 3.13. The molecule has 0 aliphatic rings. The summed E-state index contributed by atoms with van der Waals surface area (Å²) in [6.07, 6.45) is 0. The highest BCUT2D eigenvalue weighted by molar-refractivity contribution is 7.22. The second-order valence-corrected chi connectivity index (χ2v) is 7.80. The van der Waals surface area contributed by atoms with Crippen molar-refractivity contribution in [2.24, 2.45) is 0 Å². The number of carbonyl (C=O) groups excluding carboxylic acids is 1. The molecule has 0 atom stereocenters. The van der Waals surface area contributed by atoms with Crippen molar-refractivity contribution in [1.29, 1.82) is 0 Å². The number of fused-ring (bicyclic) bond motifs is 1. The van der Waals surface area contributed by atoms with E-state index in [4.69, 9.17) is 27.9 Å². The molecule has 0 aliphatic heterocycles. The van der Waals surface area contributed by atoms with Gasteiger partial charge in [0.2, 0.25) is 0 Å². The van der Waals surface area contributed by atoms with Gasteiger partial charge in [-0.1, -0.05) is 70.9 Å². The van der Waals surface area contributed by atoms with Crippen molar-refractivity contribution in [3.8, 4) is 5.75 Å². The summed E-state index contributed by atoms with van der Waals surface area (Å²) in [5.74, 6) is 0.349. The zero-order valence-corrected chi connectivity index (χ0v) is 16.8. The van der Waals surface area contributed by atoms with Crippen LogP contribution in [0.25, 0.3) is 10.2 Å². The van der Waals surface area contributed by atoms with Crippen molar-refractivity contribution in [2.75, 3.05) is 5.32 Å². The van der Waals surface area contributed by atoms with E-state index in [0.717, 1.165) is 10.3 Å². The molecule has 1 heterocycles. The Kier molecular flexibility index (Phi) is 5.48. The molecule has 4 aromatic rings. The second-order valence-electron chi connectivity index (χ2n) is 5.98. The molecule has 0 fully saturated rings. The number of carbonyl (C=O) groups is 1. The van der Waals surface area contributed by atoms with E-state index in [1.165, 1.54) is 11.3 Å². The number of anilines is 1. The summed E-state index contributed by atoms with van der Waals surface area (Å²) in [4.78, 5) is 17.0. The van der Waals surface area contributed by atoms with E-state index in [1.54, 1.807) is 24.3 Å². The monoisotopic (exact) mass is 428 g/mol. The summed E-state index contributed by atoms with van der Waals surface area (Å²) in [5.41, 5.74) is 2.12. The van der Waals surface area contributed by atoms with Gasteiger partial charge in [0.25, 0.3) is 5.91 Å². The van der Waals surface area contributed by atoms with Crippen LogP contribution in [0.2, 0.25) is 10.0 Å². The van der Waals surface area contributed by atoms with E-state index in [1.807, 2.05) is 42.5 Å². The van der Waals surface area contributed by atoms with Gasteiger partial charge in [0, 0.05) is 5.56 Å². The number of halogens is 2. The number of rotatable bonds is 5. The van der Waals surface area contributed by atoms with E-state index < -0.39 is 0 Å². The van der Waals surface area contributed by atoms with Gasteiger partial charge in [-0.15, -0.1) is 0 Å². The third kappa shape index (κ3) is 4.12. The number of amides is 1. The van der Waals surface area contributed by atoms with E-state index in [0.29, 0.717) is 38.6 Å². The first-order chi connectivity index (χ1) is 13.6. The number of hydrogen-bond donors (Lipinski definition) is 1. The summed E-state index contributed by atoms with van der Waals surface area (Å²) < 4.78 is 6.64. The van der Waals surface area contributed by atoms with E-state index in [2.05, 4.69) is 10.3 Å². The lowest BCUT2D eigenvalue weighted by Crippen LogP contribution is -2.11. The van der Waals surface area contributed by atoms with Gasteiger partial charge in [-0.3, -0.25) is 10.1 Å². The van der Waals surface area contributed by atoms with Gasteiger partial charge in [-0.25, -0.2) is 4.98 Å². The Bertz CT molecular complexity index is 1150. The molecule has 28 heavy (non-hydrogen) atoms. The molecule has 0 saturated carbocycles. The normalized spacial score (nSPS) is 10.8. The predicted molar refractivity (Wildman–Crippen MR) is 115 cm³/mol. The smallest absolute Gasteiger partial charge is 0.257 e. The van der Waals surface area contributed by atoms with E-state index >= 15 is 0 Å². The largest absolute Gasteiger partial charge is 0.489 e. The average molecular weight is 429 g/mol. The minimum Gasteiger partial charge on any atom is -0.489 e. The van der Waals surface area contributed by atoms with Crippen LogP contribution in [0.3, 0.4) is 0 Å². The Balaban J connectivity index is 1.48. The number of aromatic nitrogens is 1. The van der Waals surface area contributed by atoms with Gasteiger partial charge >= 0.3 is 0 Å². The van der Waals surface area contributed by atoms with Crippen LogP contribution < -0.4 is 10.1 Å². The molecule has 0 radical (unpaired) electrons. The predicted octanol–water partition coefficient (Wildman–Crippen LogP) is 6.43. The maximum absolute atomic E-state index is 12.6. The van der Waals surface area contributed by atoms with Crippen LogP contribution >= 0.6 is 34.5 Å². The van der Waals surface area contributed by atoms with Crippen molar-refractivity contribution in [1.82, 2.24) is 4.98 Å². The zero-order valence-electron chi connectivity index (χ0n) is 14.5. The van der Waals surface area contributed by atoms with Crippen LogP contribution in [0.5, 0.6) is 5.75 Å². The third-order valence-corrected chi connectivity index (χ3v) is 5.75. The van der Waals surface area contributed by atoms with Gasteiger partial charge in [0.15, 0.2) is 5.13 Å². The van der Waals surface area contributed by atoms with Crippen molar-refractivity contribution in [2.45, 2.75) is 6.61 Å². The Hall–Kier alpha value is -2.60. The van der Waals surface area contributed by atoms with Crippen molar-refractivity contribution >= 4 is 55.8 Å². The Morgan fingerprint density at radius 3 is 2.68 bits per heavy atom. The minimum absolute atomic E-state index is 0.272. The summed E-state index contributed by atoms with van der Waals surface area (Å²) in [6, 6.07) is 20.4. The summed E-state index contributed by atoms with van der Waals surface area (Å²) >= 11 is 13.5. The third-order valence-electron chi connectivity index (χ3n) is 4.02. The van der Waals surface area contributed by atoms with Crippen molar-refractivity contribution < 1.29 is 9.53 Å². The molecule has 0 bridgehead atoms. The Morgan fingerprint density at radius 2 is 1.86 bits per heavy atom. The highest BCUT2D eigenvalue weighted by atomic mass is 35.5. The standard InChI is InChI=1S/C21H14Cl2N2O2S/c22-16-9-10-17-19(18(16)23)24-21(28-17)25-20(26)14-7-4-8-15(11-14)27-12-13-5-2-1-3-6-13/h1-11H,12H2,(H,24,25,26). The molecule has 0 spiro atoms. The maximum Gasteiger partial charge on any atom is 0.257 e. The summed E-state index contributed by atoms with van der Waals surface area (Å²) in [6.45, 7) is 0.434. The van der Waals surface area contributed by atoms with E-state index in [-0.39, 0.29) is 5.91 Å². The topological polar surface area (TPSA) is 51.2 Å². The molecule has 0 unspecified atom stereocenters. The Morgan fingerprint density at radius 1 is 1.04 bits per heavy atom. The maximum atomic E-state index is 12.6. The van der Waals surface area contributed by atoms with Crippen LogP contribution in [-0.2, 0) is 6.61 Å². The Labute approximate surface area is 175 Å². The molecule has 4 nitrogen and oxygen atoms in total.